The van der Waals surface area contributed by atoms with E-state index in [0.717, 1.165) is 43.9 Å². The summed E-state index contributed by atoms with van der Waals surface area (Å²) >= 11 is 0. The molecule has 5 heteroatoms. The lowest BCUT2D eigenvalue weighted by molar-refractivity contribution is -0.151. The van der Waals surface area contributed by atoms with Crippen molar-refractivity contribution in [1.29, 1.82) is 0 Å². The van der Waals surface area contributed by atoms with Crippen molar-refractivity contribution in [3.05, 3.63) is 35.4 Å². The smallest absolute Gasteiger partial charge is 0.328 e. The van der Waals surface area contributed by atoms with Crippen LogP contribution in [0.3, 0.4) is 0 Å². The average Bonchev–Trinajstić information content (AvgIpc) is 2.65. The van der Waals surface area contributed by atoms with Crippen molar-refractivity contribution in [2.45, 2.75) is 38.1 Å². The summed E-state index contributed by atoms with van der Waals surface area (Å²) in [7, 11) is 0. The SMILES string of the molecule is CC(C(=O)O)(c1cc(F)cc(F)c1)N1CCCCCC1. The first-order valence-electron chi connectivity index (χ1n) is 6.89. The van der Waals surface area contributed by atoms with Crippen LogP contribution < -0.4 is 0 Å². The van der Waals surface area contributed by atoms with Crippen molar-refractivity contribution in [3.63, 3.8) is 0 Å². The number of aliphatic carboxylic acids is 1. The number of hydrogen-bond donors (Lipinski definition) is 1. The van der Waals surface area contributed by atoms with E-state index in [4.69, 9.17) is 0 Å². The fraction of sp³-hybridized carbons (Fsp3) is 0.533. The molecule has 2 rings (SSSR count). The van der Waals surface area contributed by atoms with Crippen molar-refractivity contribution in [2.24, 2.45) is 0 Å². The Kier molecular flexibility index (Phi) is 4.38. The average molecular weight is 283 g/mol. The Morgan fingerprint density at radius 1 is 1.10 bits per heavy atom. The van der Waals surface area contributed by atoms with Gasteiger partial charge in [-0.3, -0.25) is 4.90 Å². The third-order valence-corrected chi connectivity index (χ3v) is 4.08. The predicted octanol–water partition coefficient (Wildman–Crippen LogP) is 3.14. The Labute approximate surface area is 117 Å². The van der Waals surface area contributed by atoms with Gasteiger partial charge in [-0.2, -0.15) is 0 Å². The van der Waals surface area contributed by atoms with Gasteiger partial charge in [0.25, 0.3) is 0 Å². The fourth-order valence-electron chi connectivity index (χ4n) is 2.79. The van der Waals surface area contributed by atoms with E-state index in [-0.39, 0.29) is 5.56 Å². The zero-order valence-electron chi connectivity index (χ0n) is 11.5. The highest BCUT2D eigenvalue weighted by atomic mass is 19.1. The van der Waals surface area contributed by atoms with E-state index >= 15 is 0 Å². The molecule has 0 aliphatic carbocycles. The van der Waals surface area contributed by atoms with Crippen molar-refractivity contribution in [2.75, 3.05) is 13.1 Å². The first kappa shape index (κ1) is 14.9. The molecule has 1 N–H and O–H groups in total. The molecule has 1 fully saturated rings. The molecule has 1 atom stereocenters. The summed E-state index contributed by atoms with van der Waals surface area (Å²) in [5.41, 5.74) is -1.24. The maximum atomic E-state index is 13.4. The second kappa shape index (κ2) is 5.87. The van der Waals surface area contributed by atoms with Gasteiger partial charge in [0.15, 0.2) is 0 Å². The second-order valence-electron chi connectivity index (χ2n) is 5.44. The molecular formula is C15H19F2NO2. The van der Waals surface area contributed by atoms with Crippen molar-refractivity contribution >= 4 is 5.97 Å². The molecule has 1 unspecified atom stereocenters. The van der Waals surface area contributed by atoms with Gasteiger partial charge in [0, 0.05) is 6.07 Å². The number of carbonyl (C=O) groups is 1. The molecule has 1 aliphatic rings. The summed E-state index contributed by atoms with van der Waals surface area (Å²) in [6.07, 6.45) is 3.93. The molecule has 0 radical (unpaired) electrons. The van der Waals surface area contributed by atoms with E-state index in [1.54, 1.807) is 0 Å². The Bertz CT molecular complexity index is 478. The topological polar surface area (TPSA) is 40.5 Å². The minimum absolute atomic E-state index is 0.157. The molecule has 110 valence electrons. The van der Waals surface area contributed by atoms with Gasteiger partial charge in [0.2, 0.25) is 0 Å². The number of carboxylic acid groups (broad SMARTS) is 1. The van der Waals surface area contributed by atoms with Crippen LogP contribution in [0.15, 0.2) is 18.2 Å². The molecule has 0 aromatic heterocycles. The summed E-state index contributed by atoms with van der Waals surface area (Å²) in [6.45, 7) is 2.77. The minimum atomic E-state index is -1.40. The summed E-state index contributed by atoms with van der Waals surface area (Å²) in [5.74, 6) is -2.58. The number of carboxylic acids is 1. The third-order valence-electron chi connectivity index (χ3n) is 4.08. The van der Waals surface area contributed by atoms with Crippen LogP contribution in [0.1, 0.15) is 38.2 Å². The van der Waals surface area contributed by atoms with Crippen LogP contribution in [0.4, 0.5) is 8.78 Å². The molecule has 1 aromatic rings. The normalized spacial score (nSPS) is 20.1. The molecule has 1 aromatic carbocycles. The number of rotatable bonds is 3. The molecule has 0 saturated carbocycles. The number of halogens is 2. The van der Waals surface area contributed by atoms with E-state index in [2.05, 4.69) is 0 Å². The fourth-order valence-corrected chi connectivity index (χ4v) is 2.79. The van der Waals surface area contributed by atoms with Gasteiger partial charge in [-0.15, -0.1) is 0 Å². The Balaban J connectivity index is 2.44. The Morgan fingerprint density at radius 3 is 2.05 bits per heavy atom. The monoisotopic (exact) mass is 283 g/mol. The standard InChI is InChI=1S/C15H19F2NO2/c1-15(14(19)20,18-6-4-2-3-5-7-18)11-8-12(16)10-13(17)9-11/h8-10H,2-7H2,1H3,(H,19,20). The van der Waals surface area contributed by atoms with Crippen molar-refractivity contribution < 1.29 is 18.7 Å². The lowest BCUT2D eigenvalue weighted by Crippen LogP contribution is -2.50. The summed E-state index contributed by atoms with van der Waals surface area (Å²) < 4.78 is 26.8. The van der Waals surface area contributed by atoms with Crippen molar-refractivity contribution in [1.82, 2.24) is 4.90 Å². The molecule has 1 saturated heterocycles. The van der Waals surface area contributed by atoms with Gasteiger partial charge in [0.1, 0.15) is 17.2 Å². The second-order valence-corrected chi connectivity index (χ2v) is 5.44. The van der Waals surface area contributed by atoms with E-state index in [0.29, 0.717) is 13.1 Å². The van der Waals surface area contributed by atoms with Crippen LogP contribution in [-0.2, 0) is 10.3 Å². The first-order chi connectivity index (χ1) is 9.44. The van der Waals surface area contributed by atoms with E-state index < -0.39 is 23.1 Å². The van der Waals surface area contributed by atoms with Crippen LogP contribution in [0.25, 0.3) is 0 Å². The minimum Gasteiger partial charge on any atom is -0.480 e. The summed E-state index contributed by atoms with van der Waals surface area (Å²) in [5, 5.41) is 9.63. The molecule has 0 bridgehead atoms. The van der Waals surface area contributed by atoms with Gasteiger partial charge in [0.05, 0.1) is 0 Å². The van der Waals surface area contributed by atoms with Gasteiger partial charge in [-0.25, -0.2) is 13.6 Å². The zero-order valence-corrected chi connectivity index (χ0v) is 11.5. The van der Waals surface area contributed by atoms with Crippen molar-refractivity contribution in [3.8, 4) is 0 Å². The molecule has 0 spiro atoms. The summed E-state index contributed by atoms with van der Waals surface area (Å²) in [6, 6.07) is 2.98. The van der Waals surface area contributed by atoms with Gasteiger partial charge >= 0.3 is 5.97 Å². The lowest BCUT2D eigenvalue weighted by atomic mass is 9.89. The highest BCUT2D eigenvalue weighted by Gasteiger charge is 2.41. The molecule has 20 heavy (non-hydrogen) atoms. The number of hydrogen-bond acceptors (Lipinski definition) is 2. The molecule has 0 amide bonds. The molecule has 1 heterocycles. The van der Waals surface area contributed by atoms with Crippen LogP contribution in [0.5, 0.6) is 0 Å². The highest BCUT2D eigenvalue weighted by molar-refractivity contribution is 5.80. The van der Waals surface area contributed by atoms with Crippen LogP contribution in [0, 0.1) is 11.6 Å². The number of likely N-dealkylation sites (tertiary alicyclic amines) is 1. The maximum absolute atomic E-state index is 13.4. The van der Waals surface area contributed by atoms with Gasteiger partial charge in [-0.1, -0.05) is 12.8 Å². The van der Waals surface area contributed by atoms with Crippen LogP contribution in [0.2, 0.25) is 0 Å². The molecule has 1 aliphatic heterocycles. The quantitative estimate of drug-likeness (QED) is 0.926. The van der Waals surface area contributed by atoms with E-state index in [1.807, 2.05) is 4.90 Å². The highest BCUT2D eigenvalue weighted by Crippen LogP contribution is 2.32. The number of nitrogens with zero attached hydrogens (tertiary/aromatic N) is 1. The number of benzene rings is 1. The first-order valence-corrected chi connectivity index (χ1v) is 6.89. The molecular weight excluding hydrogens is 264 g/mol. The Hall–Kier alpha value is -1.49. The Morgan fingerprint density at radius 2 is 1.60 bits per heavy atom. The van der Waals surface area contributed by atoms with Gasteiger partial charge in [-0.05, 0) is 50.6 Å². The zero-order chi connectivity index (χ0) is 14.8. The van der Waals surface area contributed by atoms with E-state index in [1.165, 1.54) is 6.92 Å². The van der Waals surface area contributed by atoms with Gasteiger partial charge < -0.3 is 5.11 Å². The van der Waals surface area contributed by atoms with Crippen LogP contribution in [-0.4, -0.2) is 29.1 Å². The molecule has 3 nitrogen and oxygen atoms in total. The van der Waals surface area contributed by atoms with E-state index in [9.17, 15) is 18.7 Å². The maximum Gasteiger partial charge on any atom is 0.328 e. The largest absolute Gasteiger partial charge is 0.480 e. The summed E-state index contributed by atoms with van der Waals surface area (Å²) in [4.78, 5) is 13.6. The lowest BCUT2D eigenvalue weighted by Gasteiger charge is -2.37. The third kappa shape index (κ3) is 2.82. The predicted molar refractivity (Wildman–Crippen MR) is 71.4 cm³/mol. The van der Waals surface area contributed by atoms with Crippen LogP contribution >= 0.6 is 0 Å².